The lowest BCUT2D eigenvalue weighted by molar-refractivity contribution is 0.186. The van der Waals surface area contributed by atoms with E-state index in [2.05, 4.69) is 5.32 Å². The lowest BCUT2D eigenvalue weighted by atomic mass is 10.1. The summed E-state index contributed by atoms with van der Waals surface area (Å²) in [4.78, 5) is 13.3. The second-order valence-electron chi connectivity index (χ2n) is 3.99. The largest absolute Gasteiger partial charge is 0.396 e. The molecule has 1 fully saturated rings. The maximum atomic E-state index is 11.5. The summed E-state index contributed by atoms with van der Waals surface area (Å²) in [5, 5.41) is 11.9. The van der Waals surface area contributed by atoms with Crippen LogP contribution in [-0.4, -0.2) is 42.3 Å². The van der Waals surface area contributed by atoms with E-state index in [1.807, 2.05) is 13.8 Å². The summed E-state index contributed by atoms with van der Waals surface area (Å²) in [6.45, 7) is 6.18. The van der Waals surface area contributed by atoms with E-state index in [0.29, 0.717) is 6.54 Å². The number of rotatable bonds is 5. The predicted octanol–water partition coefficient (Wildman–Crippen LogP) is 0.810. The molecule has 4 heteroatoms. The molecular formula is C10H20N2O2. The molecule has 0 heterocycles. The van der Waals surface area contributed by atoms with Crippen LogP contribution in [0.1, 0.15) is 26.7 Å². The fourth-order valence-electron chi connectivity index (χ4n) is 1.45. The van der Waals surface area contributed by atoms with Crippen LogP contribution in [0.3, 0.4) is 0 Å². The zero-order valence-corrected chi connectivity index (χ0v) is 9.05. The van der Waals surface area contributed by atoms with Gasteiger partial charge in [-0.15, -0.1) is 0 Å². The minimum atomic E-state index is -0.0188. The summed E-state index contributed by atoms with van der Waals surface area (Å²) in [6.07, 6.45) is 2.06. The van der Waals surface area contributed by atoms with Crippen LogP contribution in [0, 0.1) is 5.41 Å². The first kappa shape index (κ1) is 11.3. The summed E-state index contributed by atoms with van der Waals surface area (Å²) in [6, 6.07) is -0.0188. The normalized spacial score (nSPS) is 17.6. The van der Waals surface area contributed by atoms with Crippen LogP contribution in [-0.2, 0) is 0 Å². The molecule has 0 aromatic rings. The molecule has 0 spiro atoms. The van der Waals surface area contributed by atoms with Crippen LogP contribution in [0.15, 0.2) is 0 Å². The van der Waals surface area contributed by atoms with Gasteiger partial charge in [-0.2, -0.15) is 0 Å². The van der Waals surface area contributed by atoms with Crippen molar-refractivity contribution in [2.24, 2.45) is 5.41 Å². The first-order valence-corrected chi connectivity index (χ1v) is 5.31. The smallest absolute Gasteiger partial charge is 0.317 e. The van der Waals surface area contributed by atoms with Gasteiger partial charge in [0.25, 0.3) is 0 Å². The Kier molecular flexibility index (Phi) is 3.75. The van der Waals surface area contributed by atoms with E-state index in [1.54, 1.807) is 4.90 Å². The Morgan fingerprint density at radius 2 is 2.00 bits per heavy atom. The van der Waals surface area contributed by atoms with Crippen molar-refractivity contribution < 1.29 is 9.90 Å². The van der Waals surface area contributed by atoms with E-state index in [1.165, 1.54) is 0 Å². The quantitative estimate of drug-likeness (QED) is 0.690. The predicted molar refractivity (Wildman–Crippen MR) is 55.1 cm³/mol. The van der Waals surface area contributed by atoms with E-state index >= 15 is 0 Å². The molecular weight excluding hydrogens is 180 g/mol. The Labute approximate surface area is 85.3 Å². The van der Waals surface area contributed by atoms with Gasteiger partial charge in [0.05, 0.1) is 6.61 Å². The number of carbonyl (C=O) groups is 1. The highest BCUT2D eigenvalue weighted by molar-refractivity contribution is 5.74. The second-order valence-corrected chi connectivity index (χ2v) is 3.99. The molecule has 14 heavy (non-hydrogen) atoms. The summed E-state index contributed by atoms with van der Waals surface area (Å²) >= 11 is 0. The number of nitrogens with zero attached hydrogens (tertiary/aromatic N) is 1. The summed E-state index contributed by atoms with van der Waals surface area (Å²) < 4.78 is 0. The van der Waals surface area contributed by atoms with Gasteiger partial charge in [0, 0.05) is 25.0 Å². The van der Waals surface area contributed by atoms with Crippen molar-refractivity contribution in [1.82, 2.24) is 10.2 Å². The molecule has 1 saturated carbocycles. The van der Waals surface area contributed by atoms with Gasteiger partial charge in [0.1, 0.15) is 0 Å². The van der Waals surface area contributed by atoms with E-state index in [4.69, 9.17) is 5.11 Å². The minimum absolute atomic E-state index is 0.00279. The van der Waals surface area contributed by atoms with Crippen molar-refractivity contribution in [1.29, 1.82) is 0 Å². The Morgan fingerprint density at radius 1 is 1.43 bits per heavy atom. The molecule has 82 valence electrons. The number of amides is 2. The van der Waals surface area contributed by atoms with Crippen molar-refractivity contribution in [2.45, 2.75) is 26.7 Å². The average Bonchev–Trinajstić information content (AvgIpc) is 2.97. The summed E-state index contributed by atoms with van der Waals surface area (Å²) in [7, 11) is 0. The molecule has 1 aliphatic rings. The molecule has 0 aromatic heterocycles. The van der Waals surface area contributed by atoms with Crippen LogP contribution in [0.4, 0.5) is 4.79 Å². The lowest BCUT2D eigenvalue weighted by Crippen LogP contribution is -2.42. The summed E-state index contributed by atoms with van der Waals surface area (Å²) in [5.74, 6) is 0. The molecule has 0 aliphatic heterocycles. The molecule has 2 amide bonds. The molecule has 0 saturated heterocycles. The molecule has 1 aliphatic carbocycles. The maximum Gasteiger partial charge on any atom is 0.317 e. The molecule has 0 aromatic carbocycles. The first-order valence-electron chi connectivity index (χ1n) is 5.31. The maximum absolute atomic E-state index is 11.5. The third-order valence-corrected chi connectivity index (χ3v) is 2.96. The highest BCUT2D eigenvalue weighted by atomic mass is 16.3. The van der Waals surface area contributed by atoms with Gasteiger partial charge >= 0.3 is 6.03 Å². The number of aliphatic hydroxyl groups is 1. The molecule has 0 unspecified atom stereocenters. The zero-order valence-electron chi connectivity index (χ0n) is 9.05. The van der Waals surface area contributed by atoms with Crippen molar-refractivity contribution in [3.8, 4) is 0 Å². The fourth-order valence-corrected chi connectivity index (χ4v) is 1.45. The molecule has 4 nitrogen and oxygen atoms in total. The van der Waals surface area contributed by atoms with Crippen LogP contribution in [0.2, 0.25) is 0 Å². The van der Waals surface area contributed by atoms with Crippen molar-refractivity contribution in [3.05, 3.63) is 0 Å². The monoisotopic (exact) mass is 200 g/mol. The van der Waals surface area contributed by atoms with Crippen LogP contribution in [0.5, 0.6) is 0 Å². The van der Waals surface area contributed by atoms with Gasteiger partial charge in [-0.25, -0.2) is 4.79 Å². The van der Waals surface area contributed by atoms with E-state index in [9.17, 15) is 4.79 Å². The van der Waals surface area contributed by atoms with Gasteiger partial charge < -0.3 is 15.3 Å². The average molecular weight is 200 g/mol. The number of urea groups is 1. The standard InChI is InChI=1S/C10H20N2O2/c1-3-12(4-2)9(14)11-7-10(8-13)5-6-10/h13H,3-8H2,1-2H3,(H,11,14). The highest BCUT2D eigenvalue weighted by Crippen LogP contribution is 2.44. The van der Waals surface area contributed by atoms with Crippen molar-refractivity contribution in [2.75, 3.05) is 26.2 Å². The minimum Gasteiger partial charge on any atom is -0.396 e. The molecule has 0 bridgehead atoms. The third-order valence-electron chi connectivity index (χ3n) is 2.96. The second kappa shape index (κ2) is 4.64. The molecule has 0 radical (unpaired) electrons. The van der Waals surface area contributed by atoms with E-state index in [0.717, 1.165) is 25.9 Å². The SMILES string of the molecule is CCN(CC)C(=O)NCC1(CO)CC1. The zero-order chi connectivity index (χ0) is 10.6. The fraction of sp³-hybridized carbons (Fsp3) is 0.900. The number of aliphatic hydroxyl groups excluding tert-OH is 1. The molecule has 1 rings (SSSR count). The van der Waals surface area contributed by atoms with Gasteiger partial charge in [-0.3, -0.25) is 0 Å². The van der Waals surface area contributed by atoms with Crippen LogP contribution >= 0.6 is 0 Å². The Bertz CT molecular complexity index is 198. The van der Waals surface area contributed by atoms with Gasteiger partial charge in [-0.05, 0) is 26.7 Å². The van der Waals surface area contributed by atoms with Crippen LogP contribution < -0.4 is 5.32 Å². The first-order chi connectivity index (χ1) is 6.67. The van der Waals surface area contributed by atoms with E-state index in [-0.39, 0.29) is 18.1 Å². The Hall–Kier alpha value is -0.770. The van der Waals surface area contributed by atoms with Crippen molar-refractivity contribution in [3.63, 3.8) is 0 Å². The number of hydrogen-bond donors (Lipinski definition) is 2. The Balaban J connectivity index is 2.27. The molecule has 2 N–H and O–H groups in total. The highest BCUT2D eigenvalue weighted by Gasteiger charge is 2.42. The van der Waals surface area contributed by atoms with Gasteiger partial charge in [-0.1, -0.05) is 0 Å². The Morgan fingerprint density at radius 3 is 2.36 bits per heavy atom. The summed E-state index contributed by atoms with van der Waals surface area (Å²) in [5.41, 5.74) is 0.00279. The number of hydrogen-bond acceptors (Lipinski definition) is 2. The van der Waals surface area contributed by atoms with E-state index < -0.39 is 0 Å². The van der Waals surface area contributed by atoms with Gasteiger partial charge in [0.15, 0.2) is 0 Å². The van der Waals surface area contributed by atoms with Crippen LogP contribution in [0.25, 0.3) is 0 Å². The van der Waals surface area contributed by atoms with Crippen molar-refractivity contribution >= 4 is 6.03 Å². The lowest BCUT2D eigenvalue weighted by Gasteiger charge is -2.21. The topological polar surface area (TPSA) is 52.6 Å². The van der Waals surface area contributed by atoms with Gasteiger partial charge in [0.2, 0.25) is 0 Å². The third kappa shape index (κ3) is 2.61. The number of carbonyl (C=O) groups excluding carboxylic acids is 1. The number of nitrogens with one attached hydrogen (secondary N) is 1. The molecule has 0 atom stereocenters.